The molecule has 0 atom stereocenters. The van der Waals surface area contributed by atoms with Gasteiger partial charge in [0, 0.05) is 32.3 Å². The maximum absolute atomic E-state index is 12.1. The summed E-state index contributed by atoms with van der Waals surface area (Å²) in [6, 6.07) is 7.57. The minimum atomic E-state index is -0.270. The van der Waals surface area contributed by atoms with E-state index in [1.165, 1.54) is 0 Å². The standard InChI is InChI=1S/C19H32N4O2/c1-6-11-21-17(24)16-10-8-9-15(12-16)13-22-18(20-7-2)23-14-19(3,4)25-5/h8-10,12H,6-7,11,13-14H2,1-5H3,(H,21,24)(H2,20,22,23). The average molecular weight is 348 g/mol. The number of guanidine groups is 1. The van der Waals surface area contributed by atoms with Crippen molar-refractivity contribution in [1.29, 1.82) is 0 Å². The fourth-order valence-electron chi connectivity index (χ4n) is 2.03. The van der Waals surface area contributed by atoms with Gasteiger partial charge in [0.1, 0.15) is 0 Å². The Balaban J connectivity index is 2.73. The van der Waals surface area contributed by atoms with Crippen molar-refractivity contribution in [3.05, 3.63) is 35.4 Å². The second-order valence-corrected chi connectivity index (χ2v) is 6.47. The van der Waals surface area contributed by atoms with Gasteiger partial charge in [0.05, 0.1) is 12.1 Å². The lowest BCUT2D eigenvalue weighted by Crippen LogP contribution is -2.45. The van der Waals surface area contributed by atoms with Gasteiger partial charge in [-0.3, -0.25) is 4.79 Å². The summed E-state index contributed by atoms with van der Waals surface area (Å²) in [7, 11) is 1.70. The van der Waals surface area contributed by atoms with E-state index in [1.54, 1.807) is 7.11 Å². The highest BCUT2D eigenvalue weighted by molar-refractivity contribution is 5.94. The molecule has 0 aromatic heterocycles. The zero-order valence-corrected chi connectivity index (χ0v) is 16.1. The Hall–Kier alpha value is -2.08. The van der Waals surface area contributed by atoms with Crippen LogP contribution in [0.4, 0.5) is 0 Å². The number of nitrogens with one attached hydrogen (secondary N) is 3. The maximum atomic E-state index is 12.1. The van der Waals surface area contributed by atoms with E-state index in [0.717, 1.165) is 24.5 Å². The number of carbonyl (C=O) groups excluding carboxylic acids is 1. The molecule has 1 amide bonds. The van der Waals surface area contributed by atoms with Crippen molar-refractivity contribution in [2.45, 2.75) is 46.3 Å². The molecule has 1 aromatic carbocycles. The minimum absolute atomic E-state index is 0.0421. The van der Waals surface area contributed by atoms with Crippen LogP contribution < -0.4 is 16.0 Å². The molecule has 140 valence electrons. The predicted molar refractivity (Wildman–Crippen MR) is 103 cm³/mol. The SMILES string of the molecule is CCCNC(=O)c1cccc(CN=C(NCC)NCC(C)(C)OC)c1. The lowest BCUT2D eigenvalue weighted by Gasteiger charge is -2.24. The molecule has 0 saturated carbocycles. The van der Waals surface area contributed by atoms with Crippen LogP contribution in [0.2, 0.25) is 0 Å². The van der Waals surface area contributed by atoms with Crippen LogP contribution in [0.3, 0.4) is 0 Å². The van der Waals surface area contributed by atoms with Crippen LogP contribution in [0.15, 0.2) is 29.3 Å². The number of carbonyl (C=O) groups is 1. The van der Waals surface area contributed by atoms with Crippen molar-refractivity contribution in [1.82, 2.24) is 16.0 Å². The van der Waals surface area contributed by atoms with Crippen molar-refractivity contribution >= 4 is 11.9 Å². The van der Waals surface area contributed by atoms with E-state index in [1.807, 2.05) is 52.0 Å². The summed E-state index contributed by atoms with van der Waals surface area (Å²) >= 11 is 0. The van der Waals surface area contributed by atoms with Gasteiger partial charge in [-0.2, -0.15) is 0 Å². The molecule has 0 aliphatic rings. The first kappa shape index (κ1) is 21.0. The van der Waals surface area contributed by atoms with Gasteiger partial charge in [0.25, 0.3) is 5.91 Å². The molecule has 0 unspecified atom stereocenters. The molecule has 0 aliphatic carbocycles. The molecule has 6 heteroatoms. The Labute approximate surface area is 151 Å². The summed E-state index contributed by atoms with van der Waals surface area (Å²) in [6.45, 7) is 10.7. The van der Waals surface area contributed by atoms with E-state index in [-0.39, 0.29) is 11.5 Å². The molecule has 0 aliphatic heterocycles. The summed E-state index contributed by atoms with van der Waals surface area (Å²) in [5.41, 5.74) is 1.39. The number of hydrogen-bond acceptors (Lipinski definition) is 3. The largest absolute Gasteiger partial charge is 0.377 e. The van der Waals surface area contributed by atoms with Crippen LogP contribution in [0.5, 0.6) is 0 Å². The van der Waals surface area contributed by atoms with E-state index < -0.39 is 0 Å². The molecule has 0 spiro atoms. The highest BCUT2D eigenvalue weighted by Crippen LogP contribution is 2.07. The zero-order valence-electron chi connectivity index (χ0n) is 16.1. The monoisotopic (exact) mass is 348 g/mol. The zero-order chi connectivity index (χ0) is 18.7. The third-order valence-corrected chi connectivity index (χ3v) is 3.72. The molecule has 1 rings (SSSR count). The first-order valence-corrected chi connectivity index (χ1v) is 8.86. The van der Waals surface area contributed by atoms with Gasteiger partial charge >= 0.3 is 0 Å². The van der Waals surface area contributed by atoms with Gasteiger partial charge in [-0.1, -0.05) is 19.1 Å². The van der Waals surface area contributed by atoms with Crippen molar-refractivity contribution in [2.75, 3.05) is 26.7 Å². The number of aliphatic imine (C=N–C) groups is 1. The number of methoxy groups -OCH3 is 1. The first-order chi connectivity index (χ1) is 11.9. The smallest absolute Gasteiger partial charge is 0.251 e. The van der Waals surface area contributed by atoms with Crippen LogP contribution in [0.25, 0.3) is 0 Å². The van der Waals surface area contributed by atoms with Crippen molar-refractivity contribution < 1.29 is 9.53 Å². The summed E-state index contributed by atoms with van der Waals surface area (Å²) in [5, 5.41) is 9.39. The lowest BCUT2D eigenvalue weighted by molar-refractivity contribution is 0.0268. The van der Waals surface area contributed by atoms with Gasteiger partial charge in [-0.25, -0.2) is 4.99 Å². The maximum Gasteiger partial charge on any atom is 0.251 e. The lowest BCUT2D eigenvalue weighted by atomic mass is 10.1. The Bertz CT molecular complexity index is 570. The number of ether oxygens (including phenoxy) is 1. The van der Waals surface area contributed by atoms with Gasteiger partial charge < -0.3 is 20.7 Å². The van der Waals surface area contributed by atoms with Gasteiger partial charge in [-0.05, 0) is 44.9 Å². The number of amides is 1. The van der Waals surface area contributed by atoms with Gasteiger partial charge in [-0.15, -0.1) is 0 Å². The third kappa shape index (κ3) is 8.03. The van der Waals surface area contributed by atoms with E-state index in [9.17, 15) is 4.79 Å². The third-order valence-electron chi connectivity index (χ3n) is 3.72. The summed E-state index contributed by atoms with van der Waals surface area (Å²) in [5.74, 6) is 0.688. The van der Waals surface area contributed by atoms with E-state index in [2.05, 4.69) is 20.9 Å². The van der Waals surface area contributed by atoms with Crippen LogP contribution >= 0.6 is 0 Å². The molecular weight excluding hydrogens is 316 g/mol. The number of hydrogen-bond donors (Lipinski definition) is 3. The molecule has 0 saturated heterocycles. The topological polar surface area (TPSA) is 74.8 Å². The molecule has 0 fully saturated rings. The molecule has 0 bridgehead atoms. The number of nitrogens with zero attached hydrogens (tertiary/aromatic N) is 1. The van der Waals surface area contributed by atoms with Crippen LogP contribution in [0, 0.1) is 0 Å². The number of benzene rings is 1. The first-order valence-electron chi connectivity index (χ1n) is 8.86. The summed E-state index contributed by atoms with van der Waals surface area (Å²) in [6.07, 6.45) is 0.922. The van der Waals surface area contributed by atoms with Crippen LogP contribution in [-0.4, -0.2) is 44.2 Å². The van der Waals surface area contributed by atoms with Gasteiger partial charge in [0.2, 0.25) is 0 Å². The van der Waals surface area contributed by atoms with E-state index in [4.69, 9.17) is 4.74 Å². The fourth-order valence-corrected chi connectivity index (χ4v) is 2.03. The van der Waals surface area contributed by atoms with E-state index in [0.29, 0.717) is 25.2 Å². The van der Waals surface area contributed by atoms with Gasteiger partial charge in [0.15, 0.2) is 5.96 Å². The summed E-state index contributed by atoms with van der Waals surface area (Å²) < 4.78 is 5.41. The average Bonchev–Trinajstić information content (AvgIpc) is 2.62. The second kappa shape index (κ2) is 10.7. The van der Waals surface area contributed by atoms with Crippen molar-refractivity contribution in [2.24, 2.45) is 4.99 Å². The van der Waals surface area contributed by atoms with Crippen LogP contribution in [-0.2, 0) is 11.3 Å². The number of rotatable bonds is 9. The highest BCUT2D eigenvalue weighted by Gasteiger charge is 2.16. The second-order valence-electron chi connectivity index (χ2n) is 6.47. The predicted octanol–water partition coefficient (Wildman–Crippen LogP) is 2.31. The molecular formula is C19H32N4O2. The van der Waals surface area contributed by atoms with Crippen molar-refractivity contribution in [3.63, 3.8) is 0 Å². The molecule has 0 heterocycles. The molecule has 25 heavy (non-hydrogen) atoms. The normalized spacial score (nSPS) is 12.0. The summed E-state index contributed by atoms with van der Waals surface area (Å²) in [4.78, 5) is 16.6. The molecule has 0 radical (unpaired) electrons. The Morgan fingerprint density at radius 2 is 1.96 bits per heavy atom. The Morgan fingerprint density at radius 3 is 2.60 bits per heavy atom. The highest BCUT2D eigenvalue weighted by atomic mass is 16.5. The Kier molecular flexibility index (Phi) is 8.99. The molecule has 1 aromatic rings. The quantitative estimate of drug-likeness (QED) is 0.473. The fraction of sp³-hybridized carbons (Fsp3) is 0.579. The Morgan fingerprint density at radius 1 is 1.20 bits per heavy atom. The minimum Gasteiger partial charge on any atom is -0.377 e. The van der Waals surface area contributed by atoms with Crippen molar-refractivity contribution in [3.8, 4) is 0 Å². The van der Waals surface area contributed by atoms with Crippen LogP contribution in [0.1, 0.15) is 50.0 Å². The van der Waals surface area contributed by atoms with E-state index >= 15 is 0 Å². The molecule has 3 N–H and O–H groups in total. The molecule has 6 nitrogen and oxygen atoms in total.